The van der Waals surface area contributed by atoms with Gasteiger partial charge in [0.1, 0.15) is 18.0 Å². The lowest BCUT2D eigenvalue weighted by atomic mass is 10.1. The molecule has 0 aliphatic heterocycles. The fourth-order valence-corrected chi connectivity index (χ4v) is 1.75. The summed E-state index contributed by atoms with van der Waals surface area (Å²) < 4.78 is 5.01. The van der Waals surface area contributed by atoms with Crippen LogP contribution < -0.4 is 16.6 Å². The fourth-order valence-electron chi connectivity index (χ4n) is 1.75. The summed E-state index contributed by atoms with van der Waals surface area (Å²) in [7, 11) is 1.72. The largest absolute Gasteiger partial charge is 0.385 e. The molecular formula is C12H23N5O. The van der Waals surface area contributed by atoms with Crippen molar-refractivity contribution in [2.24, 2.45) is 5.84 Å². The maximum Gasteiger partial charge on any atom is 0.148 e. The van der Waals surface area contributed by atoms with Gasteiger partial charge in [0.25, 0.3) is 0 Å². The van der Waals surface area contributed by atoms with Gasteiger partial charge in [-0.15, -0.1) is 0 Å². The average molecular weight is 253 g/mol. The van der Waals surface area contributed by atoms with Crippen LogP contribution in [0.25, 0.3) is 0 Å². The second-order valence-electron chi connectivity index (χ2n) is 4.07. The van der Waals surface area contributed by atoms with E-state index in [2.05, 4.69) is 27.6 Å². The van der Waals surface area contributed by atoms with Crippen molar-refractivity contribution < 1.29 is 4.74 Å². The van der Waals surface area contributed by atoms with Gasteiger partial charge in [-0.25, -0.2) is 15.8 Å². The summed E-state index contributed by atoms with van der Waals surface area (Å²) in [6, 6.07) is 0. The van der Waals surface area contributed by atoms with Crippen LogP contribution in [0.4, 0.5) is 11.6 Å². The zero-order valence-electron chi connectivity index (χ0n) is 11.2. The normalized spacial score (nSPS) is 10.4. The molecule has 0 aliphatic carbocycles. The van der Waals surface area contributed by atoms with E-state index in [0.29, 0.717) is 5.82 Å². The molecule has 6 heteroatoms. The number of anilines is 2. The molecule has 0 unspecified atom stereocenters. The molecule has 0 atom stereocenters. The topological polar surface area (TPSA) is 85.1 Å². The predicted octanol–water partition coefficient (Wildman–Crippen LogP) is 1.55. The van der Waals surface area contributed by atoms with Crippen molar-refractivity contribution >= 4 is 11.6 Å². The number of nitrogen functional groups attached to an aromatic ring is 1. The number of nitrogens with zero attached hydrogens (tertiary/aromatic N) is 2. The Labute approximate surface area is 108 Å². The standard InChI is InChI=1S/C12H23N5O/c1-3-6-10-11(14-7-4-5-8-18-2)15-9-16-12(10)17-13/h9H,3-8,13H2,1-2H3,(H2,14,15,16,17). The highest BCUT2D eigenvalue weighted by Gasteiger charge is 2.09. The van der Waals surface area contributed by atoms with Crippen molar-refractivity contribution in [3.05, 3.63) is 11.9 Å². The van der Waals surface area contributed by atoms with Crippen molar-refractivity contribution in [1.82, 2.24) is 9.97 Å². The second kappa shape index (κ2) is 8.66. The molecule has 1 rings (SSSR count). The molecule has 1 aromatic rings. The molecule has 6 nitrogen and oxygen atoms in total. The average Bonchev–Trinajstić information content (AvgIpc) is 2.40. The smallest absolute Gasteiger partial charge is 0.148 e. The highest BCUT2D eigenvalue weighted by Crippen LogP contribution is 2.20. The second-order valence-corrected chi connectivity index (χ2v) is 4.07. The van der Waals surface area contributed by atoms with Gasteiger partial charge in [-0.05, 0) is 19.3 Å². The van der Waals surface area contributed by atoms with E-state index in [1.807, 2.05) is 0 Å². The van der Waals surface area contributed by atoms with Crippen LogP contribution in [0.15, 0.2) is 6.33 Å². The Hall–Kier alpha value is -1.40. The molecule has 0 bridgehead atoms. The van der Waals surface area contributed by atoms with Gasteiger partial charge < -0.3 is 15.5 Å². The quantitative estimate of drug-likeness (QED) is 0.352. The number of hydrogen-bond acceptors (Lipinski definition) is 6. The molecule has 0 saturated heterocycles. The monoisotopic (exact) mass is 253 g/mol. The van der Waals surface area contributed by atoms with Gasteiger partial charge in [-0.3, -0.25) is 0 Å². The van der Waals surface area contributed by atoms with E-state index >= 15 is 0 Å². The molecular weight excluding hydrogens is 230 g/mol. The Kier molecular flexibility index (Phi) is 7.05. The third kappa shape index (κ3) is 4.46. The third-order valence-corrected chi connectivity index (χ3v) is 2.65. The minimum Gasteiger partial charge on any atom is -0.385 e. The number of hydrogen-bond donors (Lipinski definition) is 3. The highest BCUT2D eigenvalue weighted by atomic mass is 16.5. The molecule has 1 heterocycles. The molecule has 0 amide bonds. The van der Waals surface area contributed by atoms with Gasteiger partial charge in [-0.1, -0.05) is 13.3 Å². The molecule has 102 valence electrons. The summed E-state index contributed by atoms with van der Waals surface area (Å²) >= 11 is 0. The van der Waals surface area contributed by atoms with Crippen molar-refractivity contribution in [3.8, 4) is 0 Å². The van der Waals surface area contributed by atoms with Gasteiger partial charge in [-0.2, -0.15) is 0 Å². The Morgan fingerprint density at radius 2 is 2.06 bits per heavy atom. The first-order valence-electron chi connectivity index (χ1n) is 6.36. The first-order chi connectivity index (χ1) is 8.83. The van der Waals surface area contributed by atoms with Gasteiger partial charge in [0.05, 0.1) is 0 Å². The Bertz CT molecular complexity index is 345. The van der Waals surface area contributed by atoms with Crippen LogP contribution in [0.5, 0.6) is 0 Å². The van der Waals surface area contributed by atoms with Gasteiger partial charge in [0.15, 0.2) is 0 Å². The van der Waals surface area contributed by atoms with Gasteiger partial charge in [0, 0.05) is 25.8 Å². The van der Waals surface area contributed by atoms with E-state index < -0.39 is 0 Å². The number of ether oxygens (including phenoxy) is 1. The van der Waals surface area contributed by atoms with E-state index in [0.717, 1.165) is 50.2 Å². The van der Waals surface area contributed by atoms with Gasteiger partial charge >= 0.3 is 0 Å². The lowest BCUT2D eigenvalue weighted by molar-refractivity contribution is 0.194. The maximum absolute atomic E-state index is 5.46. The van der Waals surface area contributed by atoms with E-state index in [1.54, 1.807) is 7.11 Å². The zero-order chi connectivity index (χ0) is 13.2. The van der Waals surface area contributed by atoms with Crippen molar-refractivity contribution in [1.29, 1.82) is 0 Å². The summed E-state index contributed by atoms with van der Waals surface area (Å²) in [5.41, 5.74) is 3.67. The molecule has 0 fully saturated rings. The number of nitrogens with two attached hydrogens (primary N) is 1. The van der Waals surface area contributed by atoms with E-state index in [4.69, 9.17) is 10.6 Å². The lowest BCUT2D eigenvalue weighted by Crippen LogP contribution is -2.14. The first-order valence-corrected chi connectivity index (χ1v) is 6.36. The Morgan fingerprint density at radius 1 is 1.28 bits per heavy atom. The molecule has 0 radical (unpaired) electrons. The number of hydrazine groups is 1. The zero-order valence-corrected chi connectivity index (χ0v) is 11.2. The predicted molar refractivity (Wildman–Crippen MR) is 73.4 cm³/mol. The number of unbranched alkanes of at least 4 members (excludes halogenated alkanes) is 1. The molecule has 1 aromatic heterocycles. The van der Waals surface area contributed by atoms with Crippen molar-refractivity contribution in [3.63, 3.8) is 0 Å². The van der Waals surface area contributed by atoms with Crippen molar-refractivity contribution in [2.75, 3.05) is 31.0 Å². The first kappa shape index (κ1) is 14.7. The number of methoxy groups -OCH3 is 1. The Balaban J connectivity index is 2.57. The summed E-state index contributed by atoms with van der Waals surface area (Å²) in [6.07, 6.45) is 5.54. The highest BCUT2D eigenvalue weighted by molar-refractivity contribution is 5.56. The van der Waals surface area contributed by atoms with E-state index in [1.165, 1.54) is 6.33 Å². The molecule has 18 heavy (non-hydrogen) atoms. The number of rotatable bonds is 9. The van der Waals surface area contributed by atoms with Crippen LogP contribution in [-0.4, -0.2) is 30.2 Å². The minimum atomic E-state index is 0.700. The van der Waals surface area contributed by atoms with Crippen molar-refractivity contribution in [2.45, 2.75) is 32.6 Å². The number of nitrogens with one attached hydrogen (secondary N) is 2. The third-order valence-electron chi connectivity index (χ3n) is 2.65. The molecule has 0 aromatic carbocycles. The fraction of sp³-hybridized carbons (Fsp3) is 0.667. The molecule has 4 N–H and O–H groups in total. The SMILES string of the molecule is CCCc1c(NN)ncnc1NCCCCOC. The summed E-state index contributed by atoms with van der Waals surface area (Å²) in [4.78, 5) is 8.40. The summed E-state index contributed by atoms with van der Waals surface area (Å²) in [6.45, 7) is 3.79. The van der Waals surface area contributed by atoms with E-state index in [-0.39, 0.29) is 0 Å². The molecule has 0 aliphatic rings. The summed E-state index contributed by atoms with van der Waals surface area (Å²) in [5, 5.41) is 3.33. The lowest BCUT2D eigenvalue weighted by Gasteiger charge is -2.13. The van der Waals surface area contributed by atoms with Gasteiger partial charge in [0.2, 0.25) is 0 Å². The maximum atomic E-state index is 5.46. The Morgan fingerprint density at radius 3 is 2.72 bits per heavy atom. The van der Waals surface area contributed by atoms with E-state index in [9.17, 15) is 0 Å². The molecule has 0 spiro atoms. The van der Waals surface area contributed by atoms with Crippen LogP contribution in [-0.2, 0) is 11.2 Å². The van der Waals surface area contributed by atoms with Crippen LogP contribution in [0.2, 0.25) is 0 Å². The molecule has 0 saturated carbocycles. The van der Waals surface area contributed by atoms with Crippen LogP contribution in [0, 0.1) is 0 Å². The minimum absolute atomic E-state index is 0.700. The van der Waals surface area contributed by atoms with Crippen LogP contribution in [0.1, 0.15) is 31.7 Å². The van der Waals surface area contributed by atoms with Crippen LogP contribution in [0.3, 0.4) is 0 Å². The number of aromatic nitrogens is 2. The van der Waals surface area contributed by atoms with Crippen LogP contribution >= 0.6 is 0 Å². The summed E-state index contributed by atoms with van der Waals surface area (Å²) in [5.74, 6) is 7.03.